The summed E-state index contributed by atoms with van der Waals surface area (Å²) in [6.07, 6.45) is 1.85. The first kappa shape index (κ1) is 13.1. The lowest BCUT2D eigenvalue weighted by Gasteiger charge is -2.04. The van der Waals surface area contributed by atoms with Crippen LogP contribution >= 0.6 is 0 Å². The van der Waals surface area contributed by atoms with Crippen molar-refractivity contribution in [2.45, 2.75) is 6.54 Å². The number of halogens is 1. The van der Waals surface area contributed by atoms with Crippen LogP contribution in [0.15, 0.2) is 60.8 Å². The van der Waals surface area contributed by atoms with Crippen LogP contribution in [0.25, 0.3) is 11.3 Å². The molecule has 102 valence electrons. The van der Waals surface area contributed by atoms with Crippen molar-refractivity contribution < 1.29 is 4.39 Å². The van der Waals surface area contributed by atoms with E-state index in [9.17, 15) is 4.39 Å². The number of hydrogen-bond donors (Lipinski definition) is 0. The molecule has 21 heavy (non-hydrogen) atoms. The van der Waals surface area contributed by atoms with E-state index in [1.165, 1.54) is 12.1 Å². The maximum absolute atomic E-state index is 13.1. The summed E-state index contributed by atoms with van der Waals surface area (Å²) in [5, 5.41) is 13.5. The van der Waals surface area contributed by atoms with Gasteiger partial charge in [-0.05, 0) is 23.8 Å². The Morgan fingerprint density at radius 1 is 1.10 bits per heavy atom. The molecule has 0 aliphatic heterocycles. The van der Waals surface area contributed by atoms with Crippen LogP contribution in [-0.2, 0) is 6.54 Å². The van der Waals surface area contributed by atoms with E-state index in [1.54, 1.807) is 10.7 Å². The molecule has 4 heteroatoms. The molecule has 0 amide bonds. The maximum Gasteiger partial charge on any atom is 0.124 e. The van der Waals surface area contributed by atoms with Gasteiger partial charge in [-0.2, -0.15) is 10.4 Å². The van der Waals surface area contributed by atoms with Gasteiger partial charge in [-0.1, -0.05) is 36.4 Å². The van der Waals surface area contributed by atoms with Crippen LogP contribution in [-0.4, -0.2) is 9.78 Å². The van der Waals surface area contributed by atoms with Crippen LogP contribution in [0.4, 0.5) is 4.39 Å². The third-order valence-electron chi connectivity index (χ3n) is 3.23. The second-order valence-electron chi connectivity index (χ2n) is 4.68. The summed E-state index contributed by atoms with van der Waals surface area (Å²) < 4.78 is 14.9. The second kappa shape index (κ2) is 5.59. The molecule has 2 aromatic carbocycles. The third-order valence-corrected chi connectivity index (χ3v) is 3.23. The molecule has 3 nitrogen and oxygen atoms in total. The van der Waals surface area contributed by atoms with Crippen LogP contribution in [0.2, 0.25) is 0 Å². The normalized spacial score (nSPS) is 10.3. The lowest BCUT2D eigenvalue weighted by atomic mass is 10.1. The average Bonchev–Trinajstić information content (AvgIpc) is 2.98. The van der Waals surface area contributed by atoms with Crippen molar-refractivity contribution in [1.29, 1.82) is 5.26 Å². The maximum atomic E-state index is 13.1. The minimum Gasteiger partial charge on any atom is -0.268 e. The monoisotopic (exact) mass is 277 g/mol. The van der Waals surface area contributed by atoms with E-state index < -0.39 is 5.82 Å². The molecule has 0 atom stereocenters. The molecule has 0 spiro atoms. The number of rotatable bonds is 3. The highest BCUT2D eigenvalue weighted by Gasteiger charge is 2.06. The summed E-state index contributed by atoms with van der Waals surface area (Å²) in [5.41, 5.74) is 3.00. The molecule has 0 aliphatic rings. The van der Waals surface area contributed by atoms with E-state index in [-0.39, 0.29) is 0 Å². The zero-order valence-corrected chi connectivity index (χ0v) is 11.2. The summed E-state index contributed by atoms with van der Waals surface area (Å²) >= 11 is 0. The fourth-order valence-corrected chi connectivity index (χ4v) is 2.18. The fourth-order valence-electron chi connectivity index (χ4n) is 2.18. The second-order valence-corrected chi connectivity index (χ2v) is 4.68. The van der Waals surface area contributed by atoms with E-state index in [1.807, 2.05) is 48.7 Å². The third kappa shape index (κ3) is 2.82. The van der Waals surface area contributed by atoms with Crippen molar-refractivity contribution in [2.24, 2.45) is 0 Å². The summed E-state index contributed by atoms with van der Waals surface area (Å²) in [4.78, 5) is 0. The van der Waals surface area contributed by atoms with Gasteiger partial charge < -0.3 is 0 Å². The highest BCUT2D eigenvalue weighted by Crippen LogP contribution is 2.17. The SMILES string of the molecule is N#Cc1cc(F)ccc1Cn1ccc(-c2ccccc2)n1. The molecule has 0 bridgehead atoms. The first-order valence-electron chi connectivity index (χ1n) is 6.53. The Kier molecular flexibility index (Phi) is 3.48. The van der Waals surface area contributed by atoms with E-state index >= 15 is 0 Å². The van der Waals surface area contributed by atoms with Crippen LogP contribution in [0.5, 0.6) is 0 Å². The van der Waals surface area contributed by atoms with Crippen molar-refractivity contribution in [2.75, 3.05) is 0 Å². The molecular weight excluding hydrogens is 265 g/mol. The molecule has 0 saturated carbocycles. The number of benzene rings is 2. The quantitative estimate of drug-likeness (QED) is 0.734. The predicted octanol–water partition coefficient (Wildman–Crippen LogP) is 3.61. The van der Waals surface area contributed by atoms with E-state index in [0.29, 0.717) is 12.1 Å². The first-order chi connectivity index (χ1) is 10.3. The van der Waals surface area contributed by atoms with E-state index in [0.717, 1.165) is 16.8 Å². The van der Waals surface area contributed by atoms with Gasteiger partial charge in [0.2, 0.25) is 0 Å². The van der Waals surface area contributed by atoms with Crippen LogP contribution in [0, 0.1) is 17.1 Å². The molecule has 1 aromatic heterocycles. The van der Waals surface area contributed by atoms with Crippen molar-refractivity contribution >= 4 is 0 Å². The van der Waals surface area contributed by atoms with Crippen molar-refractivity contribution in [3.8, 4) is 17.3 Å². The molecule has 3 aromatic rings. The topological polar surface area (TPSA) is 41.6 Å². The lowest BCUT2D eigenvalue weighted by Crippen LogP contribution is -2.03. The molecular formula is C17H12FN3. The smallest absolute Gasteiger partial charge is 0.124 e. The Hall–Kier alpha value is -2.93. The molecule has 0 N–H and O–H groups in total. The number of hydrogen-bond acceptors (Lipinski definition) is 2. The fraction of sp³-hybridized carbons (Fsp3) is 0.0588. The van der Waals surface area contributed by atoms with Gasteiger partial charge in [0.15, 0.2) is 0 Å². The van der Waals surface area contributed by atoms with Gasteiger partial charge in [-0.25, -0.2) is 4.39 Å². The largest absolute Gasteiger partial charge is 0.268 e. The molecule has 0 fully saturated rings. The zero-order valence-electron chi connectivity index (χ0n) is 11.2. The molecule has 0 saturated heterocycles. The van der Waals surface area contributed by atoms with Gasteiger partial charge in [0.05, 0.1) is 23.9 Å². The van der Waals surface area contributed by atoms with Crippen LogP contribution in [0.1, 0.15) is 11.1 Å². The highest BCUT2D eigenvalue weighted by molar-refractivity contribution is 5.58. The summed E-state index contributed by atoms with van der Waals surface area (Å²) in [6, 6.07) is 18.0. The Bertz CT molecular complexity index is 800. The Morgan fingerprint density at radius 3 is 2.67 bits per heavy atom. The number of nitriles is 1. The number of aromatic nitrogens is 2. The van der Waals surface area contributed by atoms with Gasteiger partial charge in [0.25, 0.3) is 0 Å². The zero-order chi connectivity index (χ0) is 14.7. The summed E-state index contributed by atoms with van der Waals surface area (Å²) in [5.74, 6) is -0.402. The van der Waals surface area contributed by atoms with Crippen LogP contribution in [0.3, 0.4) is 0 Å². The predicted molar refractivity (Wildman–Crippen MR) is 77.9 cm³/mol. The van der Waals surface area contributed by atoms with Crippen LogP contribution < -0.4 is 0 Å². The Balaban J connectivity index is 1.87. The Labute approximate surface area is 121 Å². The minimum absolute atomic E-state index is 0.340. The average molecular weight is 277 g/mol. The highest BCUT2D eigenvalue weighted by atomic mass is 19.1. The Morgan fingerprint density at radius 2 is 1.90 bits per heavy atom. The summed E-state index contributed by atoms with van der Waals surface area (Å²) in [6.45, 7) is 0.440. The standard InChI is InChI=1S/C17H12FN3/c18-16-7-6-14(15(10-16)11-19)12-21-9-8-17(20-21)13-4-2-1-3-5-13/h1-10H,12H2. The van der Waals surface area contributed by atoms with Crippen molar-refractivity contribution in [1.82, 2.24) is 9.78 Å². The van der Waals surface area contributed by atoms with Gasteiger partial charge >= 0.3 is 0 Å². The van der Waals surface area contributed by atoms with Crippen molar-refractivity contribution in [3.05, 3.63) is 77.7 Å². The molecule has 0 radical (unpaired) electrons. The molecule has 0 aliphatic carbocycles. The van der Waals surface area contributed by atoms with Gasteiger partial charge in [-0.15, -0.1) is 0 Å². The van der Waals surface area contributed by atoms with Gasteiger partial charge in [0, 0.05) is 11.8 Å². The molecule has 3 rings (SSSR count). The van der Waals surface area contributed by atoms with E-state index in [2.05, 4.69) is 5.10 Å². The van der Waals surface area contributed by atoms with Crippen molar-refractivity contribution in [3.63, 3.8) is 0 Å². The van der Waals surface area contributed by atoms with E-state index in [4.69, 9.17) is 5.26 Å². The first-order valence-corrected chi connectivity index (χ1v) is 6.53. The molecule has 0 unspecified atom stereocenters. The minimum atomic E-state index is -0.402. The lowest BCUT2D eigenvalue weighted by molar-refractivity contribution is 0.623. The summed E-state index contributed by atoms with van der Waals surface area (Å²) in [7, 11) is 0. The molecule has 1 heterocycles. The van der Waals surface area contributed by atoms with Gasteiger partial charge in [0.1, 0.15) is 5.82 Å². The number of nitrogens with zero attached hydrogens (tertiary/aromatic N) is 3. The van der Waals surface area contributed by atoms with Gasteiger partial charge in [-0.3, -0.25) is 4.68 Å².